The van der Waals surface area contributed by atoms with Gasteiger partial charge in [0.25, 0.3) is 0 Å². The van der Waals surface area contributed by atoms with Crippen molar-refractivity contribution in [1.82, 2.24) is 24.9 Å². The quantitative estimate of drug-likeness (QED) is 0.615. The van der Waals surface area contributed by atoms with Crippen molar-refractivity contribution in [2.24, 2.45) is 0 Å². The van der Waals surface area contributed by atoms with Crippen LogP contribution in [0.1, 0.15) is 46.8 Å². The lowest BCUT2D eigenvalue weighted by molar-refractivity contribution is 0.132. The third kappa shape index (κ3) is 4.78. The fraction of sp³-hybridized carbons (Fsp3) is 0.429. The number of fused-ring (bicyclic) bond motifs is 2. The van der Waals surface area contributed by atoms with Crippen molar-refractivity contribution >= 4 is 6.03 Å². The number of amides is 2. The minimum absolute atomic E-state index is 0.0439. The van der Waals surface area contributed by atoms with E-state index in [-0.39, 0.29) is 12.1 Å². The Morgan fingerprint density at radius 1 is 1.00 bits per heavy atom. The molecule has 1 fully saturated rings. The number of nitrogens with one attached hydrogen (secondary N) is 1. The van der Waals surface area contributed by atoms with Crippen molar-refractivity contribution < 1.29 is 9.53 Å². The van der Waals surface area contributed by atoms with Crippen LogP contribution in [0, 0.1) is 0 Å². The average Bonchev–Trinajstić information content (AvgIpc) is 3.52. The standard InChI is InChI=1S/C28H33N5O2/c34-28(32-14-12-31(13-15-32)19-22-9-10-27-23(17-22)11-16-35-27)30-25-7-4-8-26-24(25)18-29-33(26)20-21-5-2-1-3-6-21/h1-3,5-6,9-10,17-18,25H,4,7-8,11-16,19-20H2,(H,30,34). The van der Waals surface area contributed by atoms with Gasteiger partial charge in [-0.05, 0) is 42.0 Å². The second-order valence-electron chi connectivity index (χ2n) is 9.89. The van der Waals surface area contributed by atoms with Gasteiger partial charge in [-0.25, -0.2) is 4.79 Å². The Morgan fingerprint density at radius 3 is 2.71 bits per heavy atom. The van der Waals surface area contributed by atoms with Gasteiger partial charge in [0, 0.05) is 50.4 Å². The molecular weight excluding hydrogens is 438 g/mol. The molecular formula is C28H33N5O2. The van der Waals surface area contributed by atoms with Crippen LogP contribution in [0.2, 0.25) is 0 Å². The first kappa shape index (κ1) is 22.2. The summed E-state index contributed by atoms with van der Waals surface area (Å²) in [5.41, 5.74) is 6.33. The number of ether oxygens (including phenoxy) is 1. The molecule has 2 aliphatic heterocycles. The van der Waals surface area contributed by atoms with E-state index in [1.807, 2.05) is 17.2 Å². The molecule has 1 unspecified atom stereocenters. The van der Waals surface area contributed by atoms with E-state index in [0.29, 0.717) is 0 Å². The molecule has 2 amide bonds. The van der Waals surface area contributed by atoms with Gasteiger partial charge >= 0.3 is 6.03 Å². The zero-order chi connectivity index (χ0) is 23.6. The summed E-state index contributed by atoms with van der Waals surface area (Å²) in [7, 11) is 0. The van der Waals surface area contributed by atoms with Crippen LogP contribution in [-0.2, 0) is 25.9 Å². The molecule has 1 saturated heterocycles. The number of hydrogen-bond acceptors (Lipinski definition) is 4. The predicted molar refractivity (Wildman–Crippen MR) is 134 cm³/mol. The number of urea groups is 1. The van der Waals surface area contributed by atoms with E-state index in [9.17, 15) is 4.79 Å². The zero-order valence-electron chi connectivity index (χ0n) is 20.2. The van der Waals surface area contributed by atoms with Crippen LogP contribution in [0.3, 0.4) is 0 Å². The Morgan fingerprint density at radius 2 is 1.86 bits per heavy atom. The molecule has 7 heteroatoms. The molecule has 1 atom stereocenters. The van der Waals surface area contributed by atoms with Crippen LogP contribution in [0.5, 0.6) is 5.75 Å². The highest BCUT2D eigenvalue weighted by atomic mass is 16.5. The van der Waals surface area contributed by atoms with Gasteiger partial charge < -0.3 is 15.0 Å². The second kappa shape index (κ2) is 9.74. The fourth-order valence-corrected chi connectivity index (χ4v) is 5.61. The lowest BCUT2D eigenvalue weighted by Crippen LogP contribution is -2.52. The zero-order valence-corrected chi connectivity index (χ0v) is 20.2. The summed E-state index contributed by atoms with van der Waals surface area (Å²) in [5.74, 6) is 1.03. The predicted octanol–water partition coefficient (Wildman–Crippen LogP) is 3.77. The molecule has 1 aliphatic carbocycles. The molecule has 0 saturated carbocycles. The highest BCUT2D eigenvalue weighted by molar-refractivity contribution is 5.75. The monoisotopic (exact) mass is 471 g/mol. The first-order chi connectivity index (χ1) is 17.2. The number of benzene rings is 2. The second-order valence-corrected chi connectivity index (χ2v) is 9.89. The van der Waals surface area contributed by atoms with E-state index in [1.54, 1.807) is 0 Å². The van der Waals surface area contributed by atoms with Crippen LogP contribution in [-0.4, -0.2) is 58.4 Å². The number of rotatable bonds is 5. The Hall–Kier alpha value is -3.32. The highest BCUT2D eigenvalue weighted by Gasteiger charge is 2.28. The maximum atomic E-state index is 13.1. The summed E-state index contributed by atoms with van der Waals surface area (Å²) < 4.78 is 7.73. The average molecular weight is 472 g/mol. The Balaban J connectivity index is 1.04. The van der Waals surface area contributed by atoms with Gasteiger partial charge in [0.1, 0.15) is 5.75 Å². The normalized spacial score (nSPS) is 19.7. The topological polar surface area (TPSA) is 62.6 Å². The Bertz CT molecular complexity index is 1180. The van der Waals surface area contributed by atoms with Gasteiger partial charge in [0.2, 0.25) is 0 Å². The molecule has 0 bridgehead atoms. The molecule has 1 N–H and O–H groups in total. The maximum absolute atomic E-state index is 13.1. The number of hydrogen-bond donors (Lipinski definition) is 1. The van der Waals surface area contributed by atoms with Crippen LogP contribution >= 0.6 is 0 Å². The Kier molecular flexibility index (Phi) is 6.17. The van der Waals surface area contributed by atoms with E-state index < -0.39 is 0 Å². The fourth-order valence-electron chi connectivity index (χ4n) is 5.61. The van der Waals surface area contributed by atoms with Crippen molar-refractivity contribution in [2.45, 2.75) is 44.8 Å². The van der Waals surface area contributed by atoms with Gasteiger partial charge in [0.05, 0.1) is 25.4 Å². The number of nitrogens with zero attached hydrogens (tertiary/aromatic N) is 4. The van der Waals surface area contributed by atoms with Gasteiger partial charge in [-0.1, -0.05) is 42.5 Å². The molecule has 35 heavy (non-hydrogen) atoms. The van der Waals surface area contributed by atoms with E-state index >= 15 is 0 Å². The molecule has 3 aliphatic rings. The molecule has 2 aromatic carbocycles. The summed E-state index contributed by atoms with van der Waals surface area (Å²) in [4.78, 5) is 17.5. The van der Waals surface area contributed by atoms with Crippen LogP contribution in [0.25, 0.3) is 0 Å². The molecule has 7 nitrogen and oxygen atoms in total. The van der Waals surface area contributed by atoms with E-state index in [0.717, 1.165) is 77.3 Å². The van der Waals surface area contributed by atoms with Crippen LogP contribution in [0.4, 0.5) is 4.79 Å². The summed E-state index contributed by atoms with van der Waals surface area (Å²) in [5, 5.41) is 7.99. The minimum Gasteiger partial charge on any atom is -0.493 e. The van der Waals surface area contributed by atoms with Crippen LogP contribution < -0.4 is 10.1 Å². The molecule has 182 valence electrons. The molecule has 3 heterocycles. The summed E-state index contributed by atoms with van der Waals surface area (Å²) in [6, 6.07) is 17.1. The molecule has 1 aromatic heterocycles. The minimum atomic E-state index is 0.0439. The third-order valence-corrected chi connectivity index (χ3v) is 7.56. The van der Waals surface area contributed by atoms with Gasteiger partial charge in [-0.3, -0.25) is 9.58 Å². The number of carbonyl (C=O) groups is 1. The van der Waals surface area contributed by atoms with Crippen LogP contribution in [0.15, 0.2) is 54.7 Å². The van der Waals surface area contributed by atoms with Crippen molar-refractivity contribution in [2.75, 3.05) is 32.8 Å². The SMILES string of the molecule is O=C(NC1CCCc2c1cnn2Cc1ccccc1)N1CCN(Cc2ccc3c(c2)CCO3)CC1. The summed E-state index contributed by atoms with van der Waals surface area (Å²) >= 11 is 0. The lowest BCUT2D eigenvalue weighted by atomic mass is 9.93. The van der Waals surface area contributed by atoms with Crippen molar-refractivity contribution in [3.63, 3.8) is 0 Å². The van der Waals surface area contributed by atoms with Gasteiger partial charge in [-0.15, -0.1) is 0 Å². The molecule has 0 spiro atoms. The summed E-state index contributed by atoms with van der Waals surface area (Å²) in [6.45, 7) is 5.80. The maximum Gasteiger partial charge on any atom is 0.317 e. The number of carbonyl (C=O) groups excluding carboxylic acids is 1. The molecule has 0 radical (unpaired) electrons. The third-order valence-electron chi connectivity index (χ3n) is 7.56. The Labute approximate surface area is 206 Å². The van der Waals surface area contributed by atoms with Gasteiger partial charge in [0.15, 0.2) is 0 Å². The van der Waals surface area contributed by atoms with E-state index in [4.69, 9.17) is 4.74 Å². The largest absolute Gasteiger partial charge is 0.493 e. The van der Waals surface area contributed by atoms with Crippen molar-refractivity contribution in [3.05, 3.63) is 82.7 Å². The number of aromatic nitrogens is 2. The van der Waals surface area contributed by atoms with Gasteiger partial charge in [-0.2, -0.15) is 5.10 Å². The van der Waals surface area contributed by atoms with E-state index in [2.05, 4.69) is 62.5 Å². The molecule has 3 aromatic rings. The number of piperazine rings is 1. The first-order valence-electron chi connectivity index (χ1n) is 12.8. The first-order valence-corrected chi connectivity index (χ1v) is 12.8. The van der Waals surface area contributed by atoms with E-state index in [1.165, 1.54) is 27.9 Å². The molecule has 6 rings (SSSR count). The van der Waals surface area contributed by atoms with Crippen molar-refractivity contribution in [3.8, 4) is 5.75 Å². The summed E-state index contributed by atoms with van der Waals surface area (Å²) in [6.07, 6.45) is 6.02. The lowest BCUT2D eigenvalue weighted by Gasteiger charge is -2.36. The smallest absolute Gasteiger partial charge is 0.317 e. The van der Waals surface area contributed by atoms with Crippen molar-refractivity contribution in [1.29, 1.82) is 0 Å². The highest BCUT2D eigenvalue weighted by Crippen LogP contribution is 2.30.